The fraction of sp³-hybridized carbons (Fsp3) is 0.625. The number of esters is 1. The second kappa shape index (κ2) is 10.7. The SMILES string of the molecule is CNC(=O)Nc1ccc(C(=O)N/N=C/[C@]23CC[C@@H](O)C[C@]2(O)CC[C@@H]2[C@@H]3CC[C@]3(C)[C@H](C4=CC(=O)OC4)CC[C@@]23O)cc1. The second-order valence-electron chi connectivity index (χ2n) is 13.5. The van der Waals surface area contributed by atoms with Crippen LogP contribution in [0.1, 0.15) is 75.1 Å². The van der Waals surface area contributed by atoms with Gasteiger partial charge in [-0.1, -0.05) is 6.92 Å². The molecule has 0 unspecified atom stereocenters. The van der Waals surface area contributed by atoms with Gasteiger partial charge in [0.25, 0.3) is 5.91 Å². The summed E-state index contributed by atoms with van der Waals surface area (Å²) < 4.78 is 5.23. The van der Waals surface area contributed by atoms with Crippen LogP contribution < -0.4 is 16.1 Å². The Balaban J connectivity index is 1.26. The van der Waals surface area contributed by atoms with Crippen LogP contribution in [0.2, 0.25) is 0 Å². The Hall–Kier alpha value is -3.28. The first kappa shape index (κ1) is 29.8. The standard InChI is InChI=1S/C32H42N4O7/c1-29-11-8-24-25(32(29,42)14-10-23(29)20-15-26(38)43-17-20)9-13-31(41)16-22(37)7-12-30(24,31)18-34-36-27(39)19-3-5-21(6-4-19)35-28(40)33-2/h3-6,15,18,22-25,37,41-42H,7-14,16-17H2,1-2H3,(H,36,39)(H2,33,35,40)/b34-18+/t22-,23+,24+,25-,29-,30+,31-,32-/m1/s1. The van der Waals surface area contributed by atoms with E-state index in [0.29, 0.717) is 43.4 Å². The highest BCUT2D eigenvalue weighted by Crippen LogP contribution is 2.70. The summed E-state index contributed by atoms with van der Waals surface area (Å²) >= 11 is 0. The first-order valence-corrected chi connectivity index (χ1v) is 15.4. The molecule has 11 nitrogen and oxygen atoms in total. The summed E-state index contributed by atoms with van der Waals surface area (Å²) in [5.74, 6) is -0.892. The van der Waals surface area contributed by atoms with Gasteiger partial charge in [0.2, 0.25) is 0 Å². The van der Waals surface area contributed by atoms with Gasteiger partial charge in [-0.15, -0.1) is 0 Å². The summed E-state index contributed by atoms with van der Waals surface area (Å²) in [6, 6.07) is 6.06. The highest BCUT2D eigenvalue weighted by Gasteiger charge is 2.71. The van der Waals surface area contributed by atoms with Gasteiger partial charge in [-0.25, -0.2) is 15.0 Å². The molecule has 8 atom stereocenters. The van der Waals surface area contributed by atoms with Crippen LogP contribution in [0.3, 0.4) is 0 Å². The minimum atomic E-state index is -1.22. The first-order chi connectivity index (χ1) is 20.4. The lowest BCUT2D eigenvalue weighted by atomic mass is 9.41. The van der Waals surface area contributed by atoms with Crippen molar-refractivity contribution in [2.45, 2.75) is 82.0 Å². The van der Waals surface area contributed by atoms with Gasteiger partial charge in [0.1, 0.15) is 6.61 Å². The number of anilines is 1. The van der Waals surface area contributed by atoms with Crippen molar-refractivity contribution in [1.29, 1.82) is 0 Å². The Morgan fingerprint density at radius 1 is 1.02 bits per heavy atom. The van der Waals surface area contributed by atoms with E-state index in [-0.39, 0.29) is 42.8 Å². The molecule has 6 rings (SSSR count). The zero-order chi connectivity index (χ0) is 30.6. The number of benzene rings is 1. The molecule has 0 radical (unpaired) electrons. The third-order valence-electron chi connectivity index (χ3n) is 11.7. The van der Waals surface area contributed by atoms with Crippen LogP contribution in [-0.2, 0) is 9.53 Å². The van der Waals surface area contributed by atoms with Gasteiger partial charge in [-0.2, -0.15) is 5.10 Å². The molecule has 5 aliphatic rings. The maximum absolute atomic E-state index is 13.0. The summed E-state index contributed by atoms with van der Waals surface area (Å²) in [6.45, 7) is 2.43. The smallest absolute Gasteiger partial charge is 0.331 e. The van der Waals surface area contributed by atoms with E-state index in [1.165, 1.54) is 7.05 Å². The summed E-state index contributed by atoms with van der Waals surface area (Å²) in [7, 11) is 1.51. The molecule has 1 aromatic carbocycles. The van der Waals surface area contributed by atoms with Gasteiger partial charge in [0.05, 0.1) is 17.3 Å². The summed E-state index contributed by atoms with van der Waals surface area (Å²) in [5, 5.41) is 44.8. The van der Waals surface area contributed by atoms with Crippen LogP contribution in [0.15, 0.2) is 41.0 Å². The fourth-order valence-corrected chi connectivity index (χ4v) is 9.53. The molecule has 4 fully saturated rings. The number of hydrogen-bond acceptors (Lipinski definition) is 8. The normalized spacial score (nSPS) is 40.1. The number of amides is 3. The minimum Gasteiger partial charge on any atom is -0.458 e. The Kier molecular flexibility index (Phi) is 7.42. The molecule has 6 N–H and O–H groups in total. The van der Waals surface area contributed by atoms with Gasteiger partial charge in [0.15, 0.2) is 0 Å². The number of hydrazone groups is 1. The molecule has 4 saturated carbocycles. The molecular formula is C32H42N4O7. The zero-order valence-corrected chi connectivity index (χ0v) is 24.8. The van der Waals surface area contributed by atoms with Gasteiger partial charge >= 0.3 is 12.0 Å². The second-order valence-corrected chi connectivity index (χ2v) is 13.5. The fourth-order valence-electron chi connectivity index (χ4n) is 9.53. The van der Waals surface area contributed by atoms with E-state index >= 15 is 0 Å². The Labute approximate surface area is 251 Å². The van der Waals surface area contributed by atoms with Crippen molar-refractivity contribution in [2.24, 2.45) is 33.7 Å². The van der Waals surface area contributed by atoms with E-state index in [1.807, 2.05) is 0 Å². The first-order valence-electron chi connectivity index (χ1n) is 15.4. The number of nitrogens with zero attached hydrogens (tertiary/aromatic N) is 1. The van der Waals surface area contributed by atoms with Crippen molar-refractivity contribution in [1.82, 2.24) is 10.7 Å². The Morgan fingerprint density at radius 2 is 1.77 bits per heavy atom. The number of aliphatic hydroxyl groups excluding tert-OH is 1. The third-order valence-corrected chi connectivity index (χ3v) is 11.7. The maximum Gasteiger partial charge on any atom is 0.331 e. The number of ether oxygens (including phenoxy) is 1. The van der Waals surface area contributed by atoms with E-state index in [4.69, 9.17) is 4.74 Å². The lowest BCUT2D eigenvalue weighted by Gasteiger charge is -2.65. The van der Waals surface area contributed by atoms with Gasteiger partial charge in [0, 0.05) is 47.8 Å². The molecule has 3 amide bonds. The summed E-state index contributed by atoms with van der Waals surface area (Å²) in [4.78, 5) is 36.4. The quantitative estimate of drug-likeness (QED) is 0.173. The summed E-state index contributed by atoms with van der Waals surface area (Å²) in [6.07, 6.45) is 7.77. The number of carbonyl (C=O) groups excluding carboxylic acids is 3. The molecular weight excluding hydrogens is 552 g/mol. The molecule has 0 aromatic heterocycles. The van der Waals surface area contributed by atoms with Crippen LogP contribution in [-0.4, -0.2) is 70.4 Å². The van der Waals surface area contributed by atoms with E-state index in [1.54, 1.807) is 36.6 Å². The van der Waals surface area contributed by atoms with Crippen molar-refractivity contribution in [2.75, 3.05) is 19.0 Å². The predicted octanol–water partition coefficient (Wildman–Crippen LogP) is 2.87. The molecule has 0 bridgehead atoms. The maximum atomic E-state index is 13.0. The van der Waals surface area contributed by atoms with Crippen molar-refractivity contribution in [3.63, 3.8) is 0 Å². The molecule has 43 heavy (non-hydrogen) atoms. The van der Waals surface area contributed by atoms with E-state index in [9.17, 15) is 29.7 Å². The largest absolute Gasteiger partial charge is 0.458 e. The molecule has 1 aromatic rings. The van der Waals surface area contributed by atoms with Gasteiger partial charge in [-0.05, 0) is 99.0 Å². The minimum absolute atomic E-state index is 0.0562. The van der Waals surface area contributed by atoms with Crippen molar-refractivity contribution in [3.8, 4) is 0 Å². The highest BCUT2D eigenvalue weighted by atomic mass is 16.5. The van der Waals surface area contributed by atoms with Crippen LogP contribution in [0, 0.1) is 28.6 Å². The van der Waals surface area contributed by atoms with E-state index < -0.39 is 34.0 Å². The number of fused-ring (bicyclic) bond motifs is 5. The van der Waals surface area contributed by atoms with Crippen LogP contribution in [0.25, 0.3) is 0 Å². The molecule has 232 valence electrons. The average molecular weight is 595 g/mol. The molecule has 0 spiro atoms. The molecule has 11 heteroatoms. The Bertz CT molecular complexity index is 1360. The predicted molar refractivity (Wildman–Crippen MR) is 158 cm³/mol. The van der Waals surface area contributed by atoms with Crippen molar-refractivity contribution >= 4 is 29.8 Å². The van der Waals surface area contributed by atoms with Crippen LogP contribution in [0.4, 0.5) is 10.5 Å². The molecule has 4 aliphatic carbocycles. The number of nitrogens with one attached hydrogen (secondary N) is 3. The Morgan fingerprint density at radius 3 is 2.47 bits per heavy atom. The number of aliphatic hydroxyl groups is 3. The van der Waals surface area contributed by atoms with Crippen molar-refractivity contribution in [3.05, 3.63) is 41.5 Å². The summed E-state index contributed by atoms with van der Waals surface area (Å²) in [5.41, 5.74) is 1.02. The number of cyclic esters (lactones) is 1. The molecule has 0 saturated heterocycles. The van der Waals surface area contributed by atoms with E-state index in [0.717, 1.165) is 24.8 Å². The van der Waals surface area contributed by atoms with Crippen molar-refractivity contribution < 1.29 is 34.4 Å². The topological polar surface area (TPSA) is 170 Å². The number of rotatable bonds is 5. The van der Waals surface area contributed by atoms with Gasteiger partial charge < -0.3 is 30.7 Å². The molecule has 1 aliphatic heterocycles. The average Bonchev–Trinajstić information content (AvgIpc) is 3.52. The lowest BCUT2D eigenvalue weighted by molar-refractivity contribution is -0.237. The number of carbonyl (C=O) groups is 3. The van der Waals surface area contributed by atoms with Crippen LogP contribution >= 0.6 is 0 Å². The number of hydrogen-bond donors (Lipinski definition) is 6. The van der Waals surface area contributed by atoms with E-state index in [2.05, 4.69) is 28.1 Å². The lowest BCUT2D eigenvalue weighted by Crippen LogP contribution is -2.68. The van der Waals surface area contributed by atoms with Crippen LogP contribution in [0.5, 0.6) is 0 Å². The monoisotopic (exact) mass is 594 g/mol. The zero-order valence-electron chi connectivity index (χ0n) is 24.8. The van der Waals surface area contributed by atoms with Gasteiger partial charge in [-0.3, -0.25) is 4.79 Å². The number of urea groups is 1. The highest BCUT2D eigenvalue weighted by molar-refractivity contribution is 5.95. The molecule has 1 heterocycles. The third kappa shape index (κ3) is 4.67.